The lowest BCUT2D eigenvalue weighted by Crippen LogP contribution is -1.95. The first-order chi connectivity index (χ1) is 4.68. The molecule has 0 saturated carbocycles. The lowest BCUT2D eigenvalue weighted by Gasteiger charge is -1.92. The Morgan fingerprint density at radius 1 is 1.60 bits per heavy atom. The Bertz CT molecular complexity index is 241. The van der Waals surface area contributed by atoms with Gasteiger partial charge >= 0.3 is 5.97 Å². The molecule has 5 heteroatoms. The van der Waals surface area contributed by atoms with Gasteiger partial charge in [-0.2, -0.15) is 0 Å². The fraction of sp³-hybridized carbons (Fsp3) is 0.200. The molecule has 0 atom stereocenters. The third-order valence-electron chi connectivity index (χ3n) is 0.742. The van der Waals surface area contributed by atoms with Crippen molar-refractivity contribution in [3.05, 3.63) is 12.0 Å². The van der Waals surface area contributed by atoms with Crippen LogP contribution in [0.5, 0.6) is 0 Å². The molecule has 1 aliphatic heterocycles. The van der Waals surface area contributed by atoms with Crippen LogP contribution in [0.4, 0.5) is 0 Å². The van der Waals surface area contributed by atoms with E-state index in [1.807, 2.05) is 0 Å². The minimum Gasteiger partial charge on any atom is -0.406 e. The summed E-state index contributed by atoms with van der Waals surface area (Å²) in [6, 6.07) is 0. The number of esters is 1. The second-order valence-electron chi connectivity index (χ2n) is 1.61. The zero-order valence-electron chi connectivity index (χ0n) is 5.20. The van der Waals surface area contributed by atoms with E-state index < -0.39 is 11.9 Å². The number of amides is 1. The first-order valence-corrected chi connectivity index (χ1v) is 2.54. The standard InChI is InChI=1S/C5H4N2O3/c1-3(8)10-5-2-4(9)6-7-5/h2H,1H3. The van der Waals surface area contributed by atoms with Crippen LogP contribution in [0.2, 0.25) is 0 Å². The minimum atomic E-state index is -0.514. The Morgan fingerprint density at radius 3 is 2.70 bits per heavy atom. The van der Waals surface area contributed by atoms with E-state index in [1.165, 1.54) is 6.92 Å². The van der Waals surface area contributed by atoms with E-state index in [4.69, 9.17) is 0 Å². The van der Waals surface area contributed by atoms with E-state index >= 15 is 0 Å². The molecule has 52 valence electrons. The number of ether oxygens (including phenoxy) is 1. The van der Waals surface area contributed by atoms with Gasteiger partial charge in [0.2, 0.25) is 5.88 Å². The molecular weight excluding hydrogens is 136 g/mol. The predicted molar refractivity (Wildman–Crippen MR) is 29.7 cm³/mol. The topological polar surface area (TPSA) is 68.1 Å². The highest BCUT2D eigenvalue weighted by molar-refractivity contribution is 5.90. The summed E-state index contributed by atoms with van der Waals surface area (Å²) in [6.07, 6.45) is 1.04. The average molecular weight is 140 g/mol. The molecule has 1 rings (SSSR count). The van der Waals surface area contributed by atoms with Gasteiger partial charge in [0.15, 0.2) is 0 Å². The normalized spacial score (nSPS) is 15.3. The van der Waals surface area contributed by atoms with Crippen molar-refractivity contribution in [1.82, 2.24) is 0 Å². The van der Waals surface area contributed by atoms with Gasteiger partial charge in [-0.3, -0.25) is 9.59 Å². The highest BCUT2D eigenvalue weighted by Crippen LogP contribution is 2.07. The van der Waals surface area contributed by atoms with Crippen LogP contribution in [0.25, 0.3) is 0 Å². The van der Waals surface area contributed by atoms with Crippen molar-refractivity contribution in [2.24, 2.45) is 10.2 Å². The van der Waals surface area contributed by atoms with Crippen LogP contribution >= 0.6 is 0 Å². The van der Waals surface area contributed by atoms with E-state index in [9.17, 15) is 9.59 Å². The summed E-state index contributed by atoms with van der Waals surface area (Å²) >= 11 is 0. The Balaban J connectivity index is 2.60. The van der Waals surface area contributed by atoms with Gasteiger partial charge in [0.25, 0.3) is 5.91 Å². The maximum atomic E-state index is 10.3. The second-order valence-corrected chi connectivity index (χ2v) is 1.61. The summed E-state index contributed by atoms with van der Waals surface area (Å²) in [5, 5.41) is 6.34. The Kier molecular flexibility index (Phi) is 1.57. The molecule has 10 heavy (non-hydrogen) atoms. The summed E-state index contributed by atoms with van der Waals surface area (Å²) in [5.74, 6) is -1.06. The Morgan fingerprint density at radius 2 is 2.30 bits per heavy atom. The third-order valence-corrected chi connectivity index (χ3v) is 0.742. The van der Waals surface area contributed by atoms with Gasteiger partial charge in [-0.05, 0) is 0 Å². The van der Waals surface area contributed by atoms with Gasteiger partial charge in [0, 0.05) is 6.92 Å². The SMILES string of the molecule is CC(=O)OC1=CC(=O)N=N1. The van der Waals surface area contributed by atoms with Crippen molar-refractivity contribution >= 4 is 11.9 Å². The monoisotopic (exact) mass is 140 g/mol. The molecule has 0 bridgehead atoms. The maximum absolute atomic E-state index is 10.3. The molecule has 0 aromatic carbocycles. The quantitative estimate of drug-likeness (QED) is 0.494. The van der Waals surface area contributed by atoms with Crippen LogP contribution in [-0.2, 0) is 14.3 Å². The summed E-state index contributed by atoms with van der Waals surface area (Å²) < 4.78 is 4.42. The molecular formula is C5H4N2O3. The van der Waals surface area contributed by atoms with Crippen molar-refractivity contribution in [3.8, 4) is 0 Å². The number of azo groups is 1. The van der Waals surface area contributed by atoms with Crippen molar-refractivity contribution in [1.29, 1.82) is 0 Å². The molecule has 0 N–H and O–H groups in total. The molecule has 0 saturated heterocycles. The van der Waals surface area contributed by atoms with Crippen LogP contribution < -0.4 is 0 Å². The highest BCUT2D eigenvalue weighted by atomic mass is 16.5. The number of hydrogen-bond acceptors (Lipinski definition) is 4. The molecule has 1 aliphatic rings. The number of carbonyl (C=O) groups excluding carboxylic acids is 2. The van der Waals surface area contributed by atoms with Crippen molar-refractivity contribution < 1.29 is 14.3 Å². The number of rotatable bonds is 1. The number of carbonyl (C=O) groups is 2. The average Bonchev–Trinajstić information content (AvgIpc) is 2.13. The third kappa shape index (κ3) is 1.48. The molecule has 0 spiro atoms. The molecule has 0 fully saturated rings. The van der Waals surface area contributed by atoms with Gasteiger partial charge < -0.3 is 4.74 Å². The highest BCUT2D eigenvalue weighted by Gasteiger charge is 2.10. The Hall–Kier alpha value is -1.52. The largest absolute Gasteiger partial charge is 0.406 e. The summed E-state index contributed by atoms with van der Waals surface area (Å²) in [6.45, 7) is 1.22. The predicted octanol–water partition coefficient (Wildman–Crippen LogP) is 0.383. The van der Waals surface area contributed by atoms with E-state index in [-0.39, 0.29) is 5.88 Å². The van der Waals surface area contributed by atoms with Crippen molar-refractivity contribution in [2.75, 3.05) is 0 Å². The molecule has 5 nitrogen and oxygen atoms in total. The van der Waals surface area contributed by atoms with E-state index in [0.717, 1.165) is 6.08 Å². The summed E-state index contributed by atoms with van der Waals surface area (Å²) in [5.41, 5.74) is 0. The fourth-order valence-electron chi connectivity index (χ4n) is 0.459. The second kappa shape index (κ2) is 2.38. The lowest BCUT2D eigenvalue weighted by molar-refractivity contribution is -0.136. The zero-order valence-corrected chi connectivity index (χ0v) is 5.20. The van der Waals surface area contributed by atoms with Crippen molar-refractivity contribution in [3.63, 3.8) is 0 Å². The molecule has 0 aromatic rings. The zero-order chi connectivity index (χ0) is 7.56. The molecule has 1 amide bonds. The van der Waals surface area contributed by atoms with Gasteiger partial charge in [0.1, 0.15) is 0 Å². The summed E-state index contributed by atoms with van der Waals surface area (Å²) in [4.78, 5) is 20.5. The van der Waals surface area contributed by atoms with E-state index in [0.29, 0.717) is 0 Å². The molecule has 1 heterocycles. The lowest BCUT2D eigenvalue weighted by atomic mass is 10.6. The number of nitrogens with zero attached hydrogens (tertiary/aromatic N) is 2. The van der Waals surface area contributed by atoms with Gasteiger partial charge in [0.05, 0.1) is 6.08 Å². The van der Waals surface area contributed by atoms with Crippen molar-refractivity contribution in [2.45, 2.75) is 6.92 Å². The first kappa shape index (κ1) is 6.60. The smallest absolute Gasteiger partial charge is 0.309 e. The van der Waals surface area contributed by atoms with E-state index in [1.54, 1.807) is 0 Å². The Labute approximate surface area is 56.4 Å². The van der Waals surface area contributed by atoms with Crippen LogP contribution in [0.15, 0.2) is 22.2 Å². The van der Waals surface area contributed by atoms with E-state index in [2.05, 4.69) is 15.0 Å². The van der Waals surface area contributed by atoms with Crippen LogP contribution in [-0.4, -0.2) is 11.9 Å². The maximum Gasteiger partial charge on any atom is 0.309 e. The van der Waals surface area contributed by atoms with Gasteiger partial charge in [-0.1, -0.05) is 0 Å². The molecule has 0 aliphatic carbocycles. The van der Waals surface area contributed by atoms with Crippen LogP contribution in [0.1, 0.15) is 6.92 Å². The fourth-order valence-corrected chi connectivity index (χ4v) is 0.459. The molecule has 0 radical (unpaired) electrons. The first-order valence-electron chi connectivity index (χ1n) is 2.54. The molecule has 0 unspecified atom stereocenters. The molecule has 0 aromatic heterocycles. The van der Waals surface area contributed by atoms with Crippen LogP contribution in [0.3, 0.4) is 0 Å². The van der Waals surface area contributed by atoms with Crippen LogP contribution in [0, 0.1) is 0 Å². The van der Waals surface area contributed by atoms with Gasteiger partial charge in [-0.25, -0.2) is 0 Å². The minimum absolute atomic E-state index is 0.0440. The summed E-state index contributed by atoms with van der Waals surface area (Å²) in [7, 11) is 0. The number of hydrogen-bond donors (Lipinski definition) is 0. The van der Waals surface area contributed by atoms with Gasteiger partial charge in [-0.15, -0.1) is 10.2 Å².